The number of benzene rings is 5. The van der Waals surface area contributed by atoms with Crippen molar-refractivity contribution in [2.45, 2.75) is 0 Å². The fourth-order valence-corrected chi connectivity index (χ4v) is 4.53. The third-order valence-electron chi connectivity index (χ3n) is 5.73. The fourth-order valence-electron chi connectivity index (χ4n) is 4.53. The van der Waals surface area contributed by atoms with Crippen LogP contribution in [0.3, 0.4) is 0 Å². The Morgan fingerprint density at radius 3 is 1.40 bits per heavy atom. The summed E-state index contributed by atoms with van der Waals surface area (Å²) in [5.41, 5.74) is 1.41. The molecular weight excluding hydrogens is 368 g/mol. The van der Waals surface area contributed by atoms with Crippen molar-refractivity contribution in [1.82, 2.24) is 9.97 Å². The Kier molecular flexibility index (Phi) is 3.27. The van der Waals surface area contributed by atoms with E-state index in [1.54, 1.807) is 0 Å². The first-order valence-electron chi connectivity index (χ1n) is 9.57. The highest BCUT2D eigenvalue weighted by Crippen LogP contribution is 2.42. The van der Waals surface area contributed by atoms with Gasteiger partial charge in [-0.25, -0.2) is 9.97 Å². The molecule has 4 heteroatoms. The summed E-state index contributed by atoms with van der Waals surface area (Å²) in [6, 6.07) is 28.7. The molecule has 1 aromatic heterocycles. The van der Waals surface area contributed by atoms with Crippen LogP contribution in [-0.2, 0) is 0 Å². The van der Waals surface area contributed by atoms with Gasteiger partial charge in [0.25, 0.3) is 0 Å². The minimum Gasteiger partial charge on any atom is -0.232 e. The summed E-state index contributed by atoms with van der Waals surface area (Å²) in [5, 5.41) is 27.6. The quantitative estimate of drug-likeness (QED) is 0.304. The lowest BCUT2D eigenvalue weighted by Crippen LogP contribution is -1.98. The molecule has 30 heavy (non-hydrogen) atoms. The summed E-state index contributed by atoms with van der Waals surface area (Å²) in [6.07, 6.45) is 0. The molecule has 0 fully saturated rings. The number of rotatable bonds is 0. The summed E-state index contributed by atoms with van der Waals surface area (Å²) in [4.78, 5) is 9.24. The highest BCUT2D eigenvalue weighted by atomic mass is 14.8. The minimum atomic E-state index is 0.0545. The van der Waals surface area contributed by atoms with E-state index in [0.717, 1.165) is 37.7 Å². The van der Waals surface area contributed by atoms with E-state index in [2.05, 4.69) is 46.4 Å². The highest BCUT2D eigenvalue weighted by molar-refractivity contribution is 6.38. The van der Waals surface area contributed by atoms with Gasteiger partial charge in [0.15, 0.2) is 11.4 Å². The van der Waals surface area contributed by atoms with Crippen LogP contribution >= 0.6 is 0 Å². The van der Waals surface area contributed by atoms with Gasteiger partial charge in [-0.2, -0.15) is 10.5 Å². The molecule has 6 aromatic rings. The van der Waals surface area contributed by atoms with Crippen molar-refractivity contribution in [3.05, 3.63) is 84.2 Å². The average Bonchev–Trinajstić information content (AvgIpc) is 2.82. The van der Waals surface area contributed by atoms with Gasteiger partial charge in [-0.05, 0) is 26.9 Å². The van der Waals surface area contributed by atoms with Crippen LogP contribution in [0.25, 0.3) is 54.1 Å². The van der Waals surface area contributed by atoms with Crippen LogP contribution in [0.2, 0.25) is 0 Å². The largest absolute Gasteiger partial charge is 0.232 e. The molecule has 0 amide bonds. The Hall–Kier alpha value is -4.54. The van der Waals surface area contributed by atoms with Gasteiger partial charge in [-0.1, -0.05) is 72.8 Å². The summed E-state index contributed by atoms with van der Waals surface area (Å²) < 4.78 is 0. The molecule has 0 radical (unpaired) electrons. The molecule has 136 valence electrons. The van der Waals surface area contributed by atoms with Crippen molar-refractivity contribution in [2.24, 2.45) is 0 Å². The Bertz CT molecular complexity index is 1760. The van der Waals surface area contributed by atoms with Gasteiger partial charge >= 0.3 is 0 Å². The van der Waals surface area contributed by atoms with Crippen LogP contribution in [0.5, 0.6) is 0 Å². The van der Waals surface area contributed by atoms with Crippen molar-refractivity contribution in [1.29, 1.82) is 10.5 Å². The van der Waals surface area contributed by atoms with Crippen LogP contribution in [-0.4, -0.2) is 9.97 Å². The van der Waals surface area contributed by atoms with Crippen LogP contribution in [0.15, 0.2) is 72.8 Å². The first kappa shape index (κ1) is 16.4. The van der Waals surface area contributed by atoms with Crippen molar-refractivity contribution >= 4 is 54.1 Å². The molecule has 0 aliphatic heterocycles. The van der Waals surface area contributed by atoms with E-state index in [1.165, 1.54) is 5.39 Å². The van der Waals surface area contributed by atoms with Crippen molar-refractivity contribution in [3.63, 3.8) is 0 Å². The Labute approximate surface area is 171 Å². The first-order chi connectivity index (χ1) is 14.8. The first-order valence-corrected chi connectivity index (χ1v) is 9.57. The topological polar surface area (TPSA) is 73.4 Å². The van der Waals surface area contributed by atoms with Gasteiger partial charge in [0, 0.05) is 16.2 Å². The van der Waals surface area contributed by atoms with Crippen molar-refractivity contribution in [2.75, 3.05) is 0 Å². The minimum absolute atomic E-state index is 0.0545. The Morgan fingerprint density at radius 2 is 0.867 bits per heavy atom. The predicted molar refractivity (Wildman–Crippen MR) is 119 cm³/mol. The third kappa shape index (κ3) is 2.02. The van der Waals surface area contributed by atoms with Gasteiger partial charge in [0.05, 0.1) is 11.0 Å². The molecule has 0 spiro atoms. The van der Waals surface area contributed by atoms with Gasteiger partial charge in [0.2, 0.25) is 0 Å². The number of aromatic nitrogens is 2. The van der Waals surface area contributed by atoms with E-state index < -0.39 is 0 Å². The summed E-state index contributed by atoms with van der Waals surface area (Å²) in [7, 11) is 0. The molecule has 1 heterocycles. The van der Waals surface area contributed by atoms with Crippen molar-refractivity contribution in [3.8, 4) is 12.1 Å². The van der Waals surface area contributed by atoms with E-state index in [9.17, 15) is 10.5 Å². The van der Waals surface area contributed by atoms with Crippen LogP contribution in [0.1, 0.15) is 11.4 Å². The number of nitrogens with zero attached hydrogens (tertiary/aromatic N) is 4. The molecule has 5 aromatic carbocycles. The smallest absolute Gasteiger partial charge is 0.177 e. The average molecular weight is 380 g/mol. The Balaban J connectivity index is 2.09. The lowest BCUT2D eigenvalue weighted by Gasteiger charge is -2.15. The van der Waals surface area contributed by atoms with Gasteiger partial charge in [-0.3, -0.25) is 0 Å². The maximum Gasteiger partial charge on any atom is 0.177 e. The van der Waals surface area contributed by atoms with E-state index in [1.807, 2.05) is 48.5 Å². The van der Waals surface area contributed by atoms with Gasteiger partial charge < -0.3 is 0 Å². The van der Waals surface area contributed by atoms with Gasteiger partial charge in [0.1, 0.15) is 12.1 Å². The molecule has 0 N–H and O–H groups in total. The second kappa shape index (κ2) is 5.98. The molecular formula is C26H12N4. The third-order valence-corrected chi connectivity index (χ3v) is 5.73. The second-order valence-corrected chi connectivity index (χ2v) is 7.23. The lowest BCUT2D eigenvalue weighted by atomic mass is 9.90. The molecule has 6 rings (SSSR count). The number of fused-ring (bicyclic) bond motifs is 11. The highest BCUT2D eigenvalue weighted by Gasteiger charge is 2.19. The zero-order valence-electron chi connectivity index (χ0n) is 15.7. The van der Waals surface area contributed by atoms with Crippen LogP contribution in [0.4, 0.5) is 0 Å². The van der Waals surface area contributed by atoms with Crippen molar-refractivity contribution < 1.29 is 0 Å². The SMILES string of the molecule is N#Cc1nc2c3ccccc3c3c4ccccc4c4ccccc4c3c2nc1C#N. The lowest BCUT2D eigenvalue weighted by molar-refractivity contribution is 1.21. The predicted octanol–water partition coefficient (Wildman–Crippen LogP) is 5.99. The van der Waals surface area contributed by atoms with E-state index >= 15 is 0 Å². The standard InChI is InChI=1S/C26H12N4/c27-13-21-22(14-28)30-26-24-18-10-4-2-8-16(18)15-7-1-3-9-17(15)23(24)19-11-5-6-12-20(19)25(26)29-21/h1-12H. The number of nitriles is 2. The summed E-state index contributed by atoms with van der Waals surface area (Å²) >= 11 is 0. The Morgan fingerprint density at radius 1 is 0.467 bits per heavy atom. The molecule has 0 aliphatic rings. The zero-order chi connectivity index (χ0) is 20.2. The van der Waals surface area contributed by atoms with E-state index in [4.69, 9.17) is 0 Å². The fraction of sp³-hybridized carbons (Fsp3) is 0. The maximum absolute atomic E-state index is 9.58. The molecule has 4 nitrogen and oxygen atoms in total. The second-order valence-electron chi connectivity index (χ2n) is 7.23. The maximum atomic E-state index is 9.58. The summed E-state index contributed by atoms with van der Waals surface area (Å²) in [5.74, 6) is 0. The van der Waals surface area contributed by atoms with Crippen LogP contribution in [0, 0.1) is 22.7 Å². The molecule has 0 saturated heterocycles. The normalized spacial score (nSPS) is 11.3. The molecule has 0 aliphatic carbocycles. The molecule has 0 atom stereocenters. The monoisotopic (exact) mass is 380 g/mol. The van der Waals surface area contributed by atoms with Crippen LogP contribution < -0.4 is 0 Å². The van der Waals surface area contributed by atoms with E-state index in [0.29, 0.717) is 11.0 Å². The number of hydrogen-bond acceptors (Lipinski definition) is 4. The summed E-state index contributed by atoms with van der Waals surface area (Å²) in [6.45, 7) is 0. The van der Waals surface area contributed by atoms with E-state index in [-0.39, 0.29) is 11.4 Å². The molecule has 0 unspecified atom stereocenters. The van der Waals surface area contributed by atoms with Gasteiger partial charge in [-0.15, -0.1) is 0 Å². The number of hydrogen-bond donors (Lipinski definition) is 0. The molecule has 0 bridgehead atoms. The molecule has 0 saturated carbocycles. The zero-order valence-corrected chi connectivity index (χ0v) is 15.7.